The molecule has 0 aliphatic heterocycles. The second-order valence-corrected chi connectivity index (χ2v) is 9.12. The number of thiophene rings is 1. The van der Waals surface area contributed by atoms with E-state index in [1.165, 1.54) is 24.3 Å². The Labute approximate surface area is 163 Å². The standard InChI is InChI=1S/C18H21ClN2O3S2/c1-4-9-20-26(23,24)16-11-13(7-8-14(16)19)18(22)21-17(12(2)3)15-6-5-10-25-15/h4-8,10-12,17,20H,1,9H2,2-3H3,(H,21,22)/t17-/m1/s1. The highest BCUT2D eigenvalue weighted by molar-refractivity contribution is 7.89. The molecule has 1 amide bonds. The number of hydrogen-bond acceptors (Lipinski definition) is 4. The minimum Gasteiger partial charge on any atom is -0.344 e. The van der Waals surface area contributed by atoms with Crippen molar-refractivity contribution in [3.05, 3.63) is 63.8 Å². The van der Waals surface area contributed by atoms with Crippen LogP contribution in [0.3, 0.4) is 0 Å². The molecule has 0 bridgehead atoms. The molecule has 0 saturated carbocycles. The predicted molar refractivity (Wildman–Crippen MR) is 106 cm³/mol. The van der Waals surface area contributed by atoms with E-state index in [1.807, 2.05) is 31.4 Å². The van der Waals surface area contributed by atoms with Gasteiger partial charge in [0, 0.05) is 17.0 Å². The molecule has 26 heavy (non-hydrogen) atoms. The Morgan fingerprint density at radius 1 is 1.35 bits per heavy atom. The molecular formula is C18H21ClN2O3S2. The highest BCUT2D eigenvalue weighted by Gasteiger charge is 2.23. The van der Waals surface area contributed by atoms with Crippen molar-refractivity contribution in [2.75, 3.05) is 6.54 Å². The first-order chi connectivity index (χ1) is 12.3. The highest BCUT2D eigenvalue weighted by atomic mass is 35.5. The SMILES string of the molecule is C=CCNS(=O)(=O)c1cc(C(=O)N[C@@H](c2cccs2)C(C)C)ccc1Cl. The van der Waals surface area contributed by atoms with Crippen molar-refractivity contribution in [2.24, 2.45) is 5.92 Å². The van der Waals surface area contributed by atoms with Crippen molar-refractivity contribution in [3.8, 4) is 0 Å². The van der Waals surface area contributed by atoms with E-state index in [-0.39, 0.29) is 39.9 Å². The van der Waals surface area contributed by atoms with Gasteiger partial charge in [0.1, 0.15) is 4.90 Å². The van der Waals surface area contributed by atoms with E-state index in [4.69, 9.17) is 11.6 Å². The zero-order valence-electron chi connectivity index (χ0n) is 14.5. The van der Waals surface area contributed by atoms with E-state index >= 15 is 0 Å². The van der Waals surface area contributed by atoms with Crippen LogP contribution < -0.4 is 10.0 Å². The number of sulfonamides is 1. The summed E-state index contributed by atoms with van der Waals surface area (Å²) in [6.07, 6.45) is 1.43. The molecule has 1 heterocycles. The monoisotopic (exact) mass is 412 g/mol. The summed E-state index contributed by atoms with van der Waals surface area (Å²) < 4.78 is 27.0. The lowest BCUT2D eigenvalue weighted by Gasteiger charge is -2.21. The third-order valence-corrected chi connectivity index (χ3v) is 6.56. The summed E-state index contributed by atoms with van der Waals surface area (Å²) in [4.78, 5) is 13.6. The Hall–Kier alpha value is -1.67. The van der Waals surface area contributed by atoms with E-state index < -0.39 is 10.0 Å². The topological polar surface area (TPSA) is 75.3 Å². The van der Waals surface area contributed by atoms with Gasteiger partial charge in [-0.25, -0.2) is 13.1 Å². The molecule has 2 rings (SSSR count). The molecular weight excluding hydrogens is 392 g/mol. The summed E-state index contributed by atoms with van der Waals surface area (Å²) in [5.74, 6) is -0.170. The van der Waals surface area contributed by atoms with Crippen LogP contribution in [-0.2, 0) is 10.0 Å². The molecule has 0 unspecified atom stereocenters. The molecule has 0 saturated heterocycles. The molecule has 2 aromatic rings. The van der Waals surface area contributed by atoms with E-state index in [1.54, 1.807) is 11.3 Å². The molecule has 0 aliphatic carbocycles. The number of carbonyl (C=O) groups excluding carboxylic acids is 1. The van der Waals surface area contributed by atoms with Crippen molar-refractivity contribution in [2.45, 2.75) is 24.8 Å². The van der Waals surface area contributed by atoms with Gasteiger partial charge in [-0.15, -0.1) is 17.9 Å². The number of rotatable bonds is 8. The van der Waals surface area contributed by atoms with Crippen molar-refractivity contribution >= 4 is 38.9 Å². The molecule has 2 N–H and O–H groups in total. The molecule has 140 valence electrons. The lowest BCUT2D eigenvalue weighted by molar-refractivity contribution is 0.0926. The number of benzene rings is 1. The van der Waals surface area contributed by atoms with E-state index in [0.29, 0.717) is 0 Å². The van der Waals surface area contributed by atoms with Gasteiger partial charge >= 0.3 is 0 Å². The second kappa shape index (κ2) is 8.81. The smallest absolute Gasteiger partial charge is 0.251 e. The summed E-state index contributed by atoms with van der Waals surface area (Å²) in [5.41, 5.74) is 0.232. The van der Waals surface area contributed by atoms with Crippen molar-refractivity contribution in [3.63, 3.8) is 0 Å². The fourth-order valence-electron chi connectivity index (χ4n) is 2.36. The zero-order valence-corrected chi connectivity index (χ0v) is 16.9. The van der Waals surface area contributed by atoms with Crippen LogP contribution in [0.2, 0.25) is 5.02 Å². The first kappa shape index (κ1) is 20.6. The molecule has 0 radical (unpaired) electrons. The van der Waals surface area contributed by atoms with Crippen molar-refractivity contribution < 1.29 is 13.2 Å². The van der Waals surface area contributed by atoms with Gasteiger partial charge in [-0.3, -0.25) is 4.79 Å². The Kier molecular flexibility index (Phi) is 7.00. The predicted octanol–water partition coefficient (Wildman–Crippen LogP) is 3.99. The lowest BCUT2D eigenvalue weighted by atomic mass is 10.0. The fraction of sp³-hybridized carbons (Fsp3) is 0.278. The fourth-order valence-corrected chi connectivity index (χ4v) is 4.83. The quantitative estimate of drug-likeness (QED) is 0.643. The largest absolute Gasteiger partial charge is 0.344 e. The van der Waals surface area contributed by atoms with Gasteiger partial charge in [0.15, 0.2) is 0 Å². The Morgan fingerprint density at radius 3 is 2.65 bits per heavy atom. The Morgan fingerprint density at radius 2 is 2.08 bits per heavy atom. The molecule has 1 atom stereocenters. The summed E-state index contributed by atoms with van der Waals surface area (Å²) in [6.45, 7) is 7.58. The second-order valence-electron chi connectivity index (χ2n) is 6.00. The number of halogens is 1. The van der Waals surface area contributed by atoms with Gasteiger partial charge in [0.05, 0.1) is 11.1 Å². The average Bonchev–Trinajstić information content (AvgIpc) is 3.11. The van der Waals surface area contributed by atoms with E-state index in [9.17, 15) is 13.2 Å². The molecule has 5 nitrogen and oxygen atoms in total. The number of amides is 1. The highest BCUT2D eigenvalue weighted by Crippen LogP contribution is 2.27. The van der Waals surface area contributed by atoms with Crippen molar-refractivity contribution in [1.82, 2.24) is 10.0 Å². The van der Waals surface area contributed by atoms with Crippen LogP contribution in [0.4, 0.5) is 0 Å². The molecule has 0 spiro atoms. The summed E-state index contributed by atoms with van der Waals surface area (Å²) >= 11 is 7.59. The van der Waals surface area contributed by atoms with Gasteiger partial charge in [-0.2, -0.15) is 0 Å². The number of carbonyl (C=O) groups is 1. The van der Waals surface area contributed by atoms with Crippen LogP contribution in [0.25, 0.3) is 0 Å². The Balaban J connectivity index is 2.29. The summed E-state index contributed by atoms with van der Waals surface area (Å²) in [7, 11) is -3.83. The zero-order chi connectivity index (χ0) is 19.3. The third-order valence-electron chi connectivity index (χ3n) is 3.70. The first-order valence-corrected chi connectivity index (χ1v) is 10.7. The maximum absolute atomic E-state index is 12.7. The van der Waals surface area contributed by atoms with E-state index in [0.717, 1.165) is 4.88 Å². The van der Waals surface area contributed by atoms with Crippen molar-refractivity contribution in [1.29, 1.82) is 0 Å². The molecule has 8 heteroatoms. The third kappa shape index (κ3) is 4.94. The minimum atomic E-state index is -3.83. The van der Waals surface area contributed by atoms with Gasteiger partial charge in [-0.1, -0.05) is 37.6 Å². The molecule has 0 aliphatic rings. The molecule has 0 fully saturated rings. The maximum Gasteiger partial charge on any atom is 0.251 e. The summed E-state index contributed by atoms with van der Waals surface area (Å²) in [5, 5.41) is 4.98. The molecule has 1 aromatic heterocycles. The minimum absolute atomic E-state index is 0.0526. The first-order valence-electron chi connectivity index (χ1n) is 8.00. The van der Waals surface area contributed by atoms with Crippen LogP contribution >= 0.6 is 22.9 Å². The van der Waals surface area contributed by atoms with Crippen LogP contribution in [0.5, 0.6) is 0 Å². The lowest BCUT2D eigenvalue weighted by Crippen LogP contribution is -2.31. The van der Waals surface area contributed by atoms with Crippen LogP contribution in [0.15, 0.2) is 53.3 Å². The number of hydrogen-bond donors (Lipinski definition) is 2. The van der Waals surface area contributed by atoms with Gasteiger partial charge in [-0.05, 0) is 35.6 Å². The van der Waals surface area contributed by atoms with Gasteiger partial charge < -0.3 is 5.32 Å². The van der Waals surface area contributed by atoms with Gasteiger partial charge in [0.2, 0.25) is 10.0 Å². The normalized spacial score (nSPS) is 12.8. The van der Waals surface area contributed by atoms with Crippen LogP contribution in [0, 0.1) is 5.92 Å². The van der Waals surface area contributed by atoms with E-state index in [2.05, 4.69) is 16.6 Å². The average molecular weight is 413 g/mol. The van der Waals surface area contributed by atoms with Crippen LogP contribution in [-0.4, -0.2) is 20.9 Å². The number of nitrogens with one attached hydrogen (secondary N) is 2. The van der Waals surface area contributed by atoms with Gasteiger partial charge in [0.25, 0.3) is 5.91 Å². The maximum atomic E-state index is 12.7. The van der Waals surface area contributed by atoms with Crippen LogP contribution in [0.1, 0.15) is 35.1 Å². The Bertz CT molecular complexity index is 878. The molecule has 1 aromatic carbocycles. The summed E-state index contributed by atoms with van der Waals surface area (Å²) in [6, 6.07) is 7.95.